The molecule has 1 N–H and O–H groups in total. The zero-order chi connectivity index (χ0) is 29.3. The minimum Gasteiger partial charge on any atom is -0.376 e. The molecule has 0 aliphatic carbocycles. The first-order valence-corrected chi connectivity index (χ1v) is 15.0. The van der Waals surface area contributed by atoms with Crippen molar-refractivity contribution in [3.63, 3.8) is 0 Å². The van der Waals surface area contributed by atoms with Crippen molar-refractivity contribution in [2.45, 2.75) is 24.0 Å². The summed E-state index contributed by atoms with van der Waals surface area (Å²) in [5.74, 6) is -3.13. The highest BCUT2D eigenvalue weighted by molar-refractivity contribution is 7.91. The average molecular weight is 596 g/mol. The number of hydrogen-bond donors (Lipinski definition) is 1. The number of pyridine rings is 3. The standard InChI is InChI=1S/C29H27F2N5O5S/c30-29(31)17-36(8-9-41-18-29)27-3-1-2-23(35-27)24-7-6-20-14-32-22(13-25(20)34-24)15-33-28(37)19-4-5-21-16-40-10-11-42(38,39)26(21)12-19/h1-7,12-14H,8-11,15-18H2,(H,33,37). The van der Waals surface area contributed by atoms with Gasteiger partial charge in [-0.1, -0.05) is 12.1 Å². The van der Waals surface area contributed by atoms with Crippen LogP contribution in [0.4, 0.5) is 14.6 Å². The number of fused-ring (bicyclic) bond motifs is 2. The fourth-order valence-electron chi connectivity index (χ4n) is 4.87. The van der Waals surface area contributed by atoms with Crippen LogP contribution in [0.3, 0.4) is 0 Å². The lowest BCUT2D eigenvalue weighted by molar-refractivity contribution is -0.0564. The highest BCUT2D eigenvalue weighted by Gasteiger charge is 2.35. The second-order valence-corrected chi connectivity index (χ2v) is 12.2. The molecule has 1 saturated heterocycles. The Bertz CT molecular complexity index is 1770. The van der Waals surface area contributed by atoms with Crippen LogP contribution >= 0.6 is 0 Å². The number of sulfone groups is 1. The third-order valence-corrected chi connectivity index (χ3v) is 8.79. The minimum absolute atomic E-state index is 0.0899. The second-order valence-electron chi connectivity index (χ2n) is 10.2. The normalized spacial score (nSPS) is 18.1. The Kier molecular flexibility index (Phi) is 7.56. The summed E-state index contributed by atoms with van der Waals surface area (Å²) in [5.41, 5.74) is 2.99. The summed E-state index contributed by atoms with van der Waals surface area (Å²) in [6.45, 7) is -0.240. The number of anilines is 1. The van der Waals surface area contributed by atoms with Crippen LogP contribution in [0.2, 0.25) is 0 Å². The van der Waals surface area contributed by atoms with Crippen molar-refractivity contribution in [1.29, 1.82) is 0 Å². The van der Waals surface area contributed by atoms with Crippen LogP contribution in [-0.4, -0.2) is 73.9 Å². The number of aromatic nitrogens is 3. The quantitative estimate of drug-likeness (QED) is 0.370. The lowest BCUT2D eigenvalue weighted by Crippen LogP contribution is -2.37. The molecular formula is C29H27F2N5O5S. The number of carbonyl (C=O) groups is 1. The van der Waals surface area contributed by atoms with Crippen LogP contribution in [0, 0.1) is 0 Å². The maximum Gasteiger partial charge on any atom is 0.288 e. The van der Waals surface area contributed by atoms with E-state index in [4.69, 9.17) is 14.5 Å². The van der Waals surface area contributed by atoms with Crippen LogP contribution in [0.15, 0.2) is 65.7 Å². The van der Waals surface area contributed by atoms with E-state index in [1.807, 2.05) is 6.07 Å². The topological polar surface area (TPSA) is 124 Å². The van der Waals surface area contributed by atoms with Crippen molar-refractivity contribution in [3.05, 3.63) is 77.6 Å². The van der Waals surface area contributed by atoms with E-state index >= 15 is 0 Å². The molecule has 0 saturated carbocycles. The van der Waals surface area contributed by atoms with Gasteiger partial charge in [-0.15, -0.1) is 0 Å². The van der Waals surface area contributed by atoms with E-state index in [1.54, 1.807) is 48.7 Å². The Morgan fingerprint density at radius 3 is 2.76 bits per heavy atom. The van der Waals surface area contributed by atoms with Gasteiger partial charge >= 0.3 is 0 Å². The lowest BCUT2D eigenvalue weighted by Gasteiger charge is -2.24. The number of nitrogens with zero attached hydrogens (tertiary/aromatic N) is 4. The highest BCUT2D eigenvalue weighted by Crippen LogP contribution is 2.26. The van der Waals surface area contributed by atoms with E-state index in [1.165, 1.54) is 11.0 Å². The summed E-state index contributed by atoms with van der Waals surface area (Å²) < 4.78 is 63.7. The van der Waals surface area contributed by atoms with Gasteiger partial charge in [0.15, 0.2) is 9.84 Å². The largest absolute Gasteiger partial charge is 0.376 e. The molecule has 0 atom stereocenters. The molecule has 10 nitrogen and oxygen atoms in total. The minimum atomic E-state index is -3.54. The molecule has 13 heteroatoms. The number of rotatable bonds is 5. The summed E-state index contributed by atoms with van der Waals surface area (Å²) in [6, 6.07) is 15.1. The van der Waals surface area contributed by atoms with Gasteiger partial charge in [0.25, 0.3) is 11.8 Å². The molecule has 1 aromatic carbocycles. The van der Waals surface area contributed by atoms with Gasteiger partial charge in [0.1, 0.15) is 12.4 Å². The Morgan fingerprint density at radius 1 is 1.02 bits per heavy atom. The molecule has 5 heterocycles. The molecule has 42 heavy (non-hydrogen) atoms. The highest BCUT2D eigenvalue weighted by atomic mass is 32.2. The SMILES string of the molecule is O=C(NCc1cc2nc(-c3cccc(N4CCOCC(F)(F)C4)n3)ccc2cn1)c1ccc2c(c1)S(=O)(=O)CCOC2. The van der Waals surface area contributed by atoms with E-state index in [9.17, 15) is 22.0 Å². The molecule has 6 rings (SSSR count). The number of hydrogen-bond acceptors (Lipinski definition) is 9. The van der Waals surface area contributed by atoms with Crippen molar-refractivity contribution < 1.29 is 31.5 Å². The number of halogens is 2. The molecule has 0 radical (unpaired) electrons. The fraction of sp³-hybridized carbons (Fsp3) is 0.310. The summed E-state index contributed by atoms with van der Waals surface area (Å²) in [7, 11) is -3.54. The number of nitrogens with one attached hydrogen (secondary N) is 1. The maximum absolute atomic E-state index is 14.1. The molecule has 0 spiro atoms. The van der Waals surface area contributed by atoms with Gasteiger partial charge in [-0.05, 0) is 48.0 Å². The third kappa shape index (κ3) is 6.08. The van der Waals surface area contributed by atoms with E-state index in [2.05, 4.69) is 15.3 Å². The first-order chi connectivity index (χ1) is 20.2. The Labute approximate surface area is 240 Å². The van der Waals surface area contributed by atoms with Crippen molar-refractivity contribution in [2.75, 3.05) is 43.6 Å². The van der Waals surface area contributed by atoms with Crippen LogP contribution in [0.5, 0.6) is 0 Å². The van der Waals surface area contributed by atoms with Crippen LogP contribution in [-0.2, 0) is 32.5 Å². The molecule has 4 aromatic rings. The van der Waals surface area contributed by atoms with Crippen molar-refractivity contribution >= 4 is 32.5 Å². The van der Waals surface area contributed by atoms with E-state index < -0.39 is 34.8 Å². The Balaban J connectivity index is 1.19. The smallest absolute Gasteiger partial charge is 0.288 e. The molecule has 2 aliphatic rings. The molecule has 1 amide bonds. The monoisotopic (exact) mass is 595 g/mol. The van der Waals surface area contributed by atoms with Gasteiger partial charge in [-0.3, -0.25) is 9.78 Å². The summed E-state index contributed by atoms with van der Waals surface area (Å²) >= 11 is 0. The number of alkyl halides is 2. The van der Waals surface area contributed by atoms with E-state index in [-0.39, 0.29) is 42.6 Å². The first kappa shape index (κ1) is 28.1. The first-order valence-electron chi connectivity index (χ1n) is 13.3. The predicted octanol–water partition coefficient (Wildman–Crippen LogP) is 3.40. The number of benzene rings is 1. The number of amides is 1. The van der Waals surface area contributed by atoms with Gasteiger partial charge in [-0.2, -0.15) is 0 Å². The number of carbonyl (C=O) groups excluding carboxylic acids is 1. The molecule has 2 aliphatic heterocycles. The fourth-order valence-corrected chi connectivity index (χ4v) is 6.26. The van der Waals surface area contributed by atoms with Gasteiger partial charge in [0.2, 0.25) is 0 Å². The molecule has 0 unspecified atom stereocenters. The molecule has 3 aromatic heterocycles. The lowest BCUT2D eigenvalue weighted by atomic mass is 10.1. The number of ether oxygens (including phenoxy) is 2. The van der Waals surface area contributed by atoms with Crippen LogP contribution in [0.1, 0.15) is 21.6 Å². The Morgan fingerprint density at radius 2 is 1.88 bits per heavy atom. The van der Waals surface area contributed by atoms with Gasteiger partial charge < -0.3 is 19.7 Å². The summed E-state index contributed by atoms with van der Waals surface area (Å²) in [6.07, 6.45) is 1.64. The van der Waals surface area contributed by atoms with Gasteiger partial charge in [0, 0.05) is 23.7 Å². The van der Waals surface area contributed by atoms with Crippen molar-refractivity contribution in [2.24, 2.45) is 0 Å². The summed E-state index contributed by atoms with van der Waals surface area (Å²) in [4.78, 5) is 28.2. The zero-order valence-corrected chi connectivity index (χ0v) is 23.2. The van der Waals surface area contributed by atoms with E-state index in [0.29, 0.717) is 40.5 Å². The van der Waals surface area contributed by atoms with Crippen LogP contribution < -0.4 is 10.2 Å². The molecule has 218 valence electrons. The zero-order valence-electron chi connectivity index (χ0n) is 22.4. The van der Waals surface area contributed by atoms with E-state index in [0.717, 1.165) is 5.39 Å². The molecule has 1 fully saturated rings. The molecular weight excluding hydrogens is 568 g/mol. The second kappa shape index (κ2) is 11.3. The summed E-state index contributed by atoms with van der Waals surface area (Å²) in [5, 5.41) is 3.56. The van der Waals surface area contributed by atoms with Crippen molar-refractivity contribution in [3.8, 4) is 11.4 Å². The van der Waals surface area contributed by atoms with Crippen molar-refractivity contribution in [1.82, 2.24) is 20.3 Å². The Hall–Kier alpha value is -4.07. The molecule has 0 bridgehead atoms. The predicted molar refractivity (Wildman–Crippen MR) is 150 cm³/mol. The van der Waals surface area contributed by atoms with Crippen LogP contribution in [0.25, 0.3) is 22.3 Å². The maximum atomic E-state index is 14.1. The van der Waals surface area contributed by atoms with Gasteiger partial charge in [-0.25, -0.2) is 27.2 Å². The average Bonchev–Trinajstić information content (AvgIpc) is 3.27. The van der Waals surface area contributed by atoms with Gasteiger partial charge in [0.05, 0.1) is 66.2 Å². The third-order valence-electron chi connectivity index (χ3n) is 7.04.